The summed E-state index contributed by atoms with van der Waals surface area (Å²) in [5.41, 5.74) is 1.48. The number of benzene rings is 1. The minimum atomic E-state index is -0.314. The molecule has 38 heavy (non-hydrogen) atoms. The first-order valence-corrected chi connectivity index (χ1v) is 13.2. The molecule has 1 aliphatic heterocycles. The Hall–Kier alpha value is -4.12. The van der Waals surface area contributed by atoms with Gasteiger partial charge in [-0.3, -0.25) is 14.6 Å². The molecule has 1 saturated heterocycles. The number of carbonyl (C=O) groups is 2. The van der Waals surface area contributed by atoms with Crippen molar-refractivity contribution < 1.29 is 14.0 Å². The number of amides is 1. The minimum absolute atomic E-state index is 0.0315. The van der Waals surface area contributed by atoms with E-state index in [0.29, 0.717) is 16.5 Å². The van der Waals surface area contributed by atoms with Crippen LogP contribution in [0.3, 0.4) is 0 Å². The van der Waals surface area contributed by atoms with Crippen LogP contribution in [0.4, 0.5) is 16.0 Å². The van der Waals surface area contributed by atoms with Gasteiger partial charge in [-0.05, 0) is 54.8 Å². The molecule has 1 N–H and O–H groups in total. The van der Waals surface area contributed by atoms with Crippen molar-refractivity contribution in [2.24, 2.45) is 0 Å². The summed E-state index contributed by atoms with van der Waals surface area (Å²) in [4.78, 5) is 31.0. The van der Waals surface area contributed by atoms with Crippen molar-refractivity contribution in [2.45, 2.75) is 38.0 Å². The van der Waals surface area contributed by atoms with Crippen LogP contribution in [0.2, 0.25) is 0 Å². The van der Waals surface area contributed by atoms with Crippen molar-refractivity contribution in [3.63, 3.8) is 0 Å². The lowest BCUT2D eigenvalue weighted by molar-refractivity contribution is -0.118. The number of hydrogen-bond acceptors (Lipinski definition) is 9. The van der Waals surface area contributed by atoms with Crippen molar-refractivity contribution in [1.82, 2.24) is 25.4 Å². The quantitative estimate of drug-likeness (QED) is 0.347. The highest BCUT2D eigenvalue weighted by atomic mass is 32.1. The van der Waals surface area contributed by atoms with Crippen LogP contribution in [-0.2, 0) is 28.9 Å². The lowest BCUT2D eigenvalue weighted by Gasteiger charge is -2.31. The molecule has 4 heterocycles. The van der Waals surface area contributed by atoms with Gasteiger partial charge < -0.3 is 10.2 Å². The summed E-state index contributed by atoms with van der Waals surface area (Å²) in [6.45, 7) is 1.59. The van der Waals surface area contributed by atoms with Crippen LogP contribution in [0, 0.1) is 5.82 Å². The molecule has 5 rings (SSSR count). The topological polar surface area (TPSA) is 114 Å². The Morgan fingerprint density at radius 3 is 2.45 bits per heavy atom. The number of anilines is 2. The van der Waals surface area contributed by atoms with E-state index in [1.54, 1.807) is 30.5 Å². The van der Waals surface area contributed by atoms with Gasteiger partial charge in [0.05, 0.1) is 12.8 Å². The second-order valence-electron chi connectivity index (χ2n) is 9.14. The van der Waals surface area contributed by atoms with Gasteiger partial charge in [-0.15, -0.1) is 31.7 Å². The summed E-state index contributed by atoms with van der Waals surface area (Å²) in [5.74, 6) is 0.966. The molecule has 0 bridgehead atoms. The zero-order chi connectivity index (χ0) is 26.3. The molecule has 0 radical (unpaired) electrons. The Labute approximate surface area is 223 Å². The van der Waals surface area contributed by atoms with Crippen LogP contribution in [0.1, 0.15) is 40.0 Å². The molecular weight excluding hydrogens is 505 g/mol. The summed E-state index contributed by atoms with van der Waals surface area (Å²) in [6.07, 6.45) is 4.09. The van der Waals surface area contributed by atoms with E-state index in [1.807, 2.05) is 18.2 Å². The predicted octanol–water partition coefficient (Wildman–Crippen LogP) is 3.78. The fourth-order valence-electron chi connectivity index (χ4n) is 4.33. The summed E-state index contributed by atoms with van der Waals surface area (Å²) >= 11 is 1.49. The molecule has 4 aromatic rings. The third-order valence-electron chi connectivity index (χ3n) is 6.30. The predicted molar refractivity (Wildman–Crippen MR) is 142 cm³/mol. The Morgan fingerprint density at radius 2 is 1.74 bits per heavy atom. The fourth-order valence-corrected chi connectivity index (χ4v) is 5.37. The highest BCUT2D eigenvalue weighted by Crippen LogP contribution is 2.31. The number of hydrogen-bond donors (Lipinski definition) is 1. The van der Waals surface area contributed by atoms with Gasteiger partial charge in [0.15, 0.2) is 11.6 Å². The first kappa shape index (κ1) is 25.5. The number of ketones is 1. The molecule has 0 spiro atoms. The fraction of sp³-hybridized carbons (Fsp3) is 0.296. The number of nitrogens with one attached hydrogen (secondary N) is 1. The van der Waals surface area contributed by atoms with Gasteiger partial charge in [0.2, 0.25) is 5.91 Å². The maximum atomic E-state index is 13.1. The van der Waals surface area contributed by atoms with Gasteiger partial charge >= 0.3 is 0 Å². The largest absolute Gasteiger partial charge is 0.355 e. The van der Waals surface area contributed by atoms with Gasteiger partial charge in [-0.1, -0.05) is 18.2 Å². The lowest BCUT2D eigenvalue weighted by atomic mass is 9.98. The van der Waals surface area contributed by atoms with Crippen LogP contribution in [-0.4, -0.2) is 50.2 Å². The number of pyridine rings is 1. The first-order valence-electron chi connectivity index (χ1n) is 12.4. The van der Waals surface area contributed by atoms with Crippen molar-refractivity contribution >= 4 is 34.7 Å². The van der Waals surface area contributed by atoms with Gasteiger partial charge in [0.1, 0.15) is 21.6 Å². The molecule has 1 aliphatic rings. The third-order valence-corrected chi connectivity index (χ3v) is 7.39. The Bertz CT molecular complexity index is 1370. The van der Waals surface area contributed by atoms with Crippen LogP contribution in [0.25, 0.3) is 0 Å². The smallest absolute Gasteiger partial charge is 0.231 e. The van der Waals surface area contributed by atoms with Crippen molar-refractivity contribution in [3.8, 4) is 0 Å². The molecule has 0 saturated carbocycles. The number of rotatable bonds is 9. The van der Waals surface area contributed by atoms with Crippen molar-refractivity contribution in [1.29, 1.82) is 0 Å². The van der Waals surface area contributed by atoms with Crippen molar-refractivity contribution in [2.75, 3.05) is 23.3 Å². The molecule has 194 valence electrons. The third kappa shape index (κ3) is 6.80. The van der Waals surface area contributed by atoms with E-state index in [4.69, 9.17) is 0 Å². The number of aromatic nitrogens is 5. The Morgan fingerprint density at radius 1 is 0.921 bits per heavy atom. The average molecular weight is 532 g/mol. The zero-order valence-corrected chi connectivity index (χ0v) is 21.4. The number of nitrogens with zero attached hydrogens (tertiary/aromatic N) is 6. The lowest BCUT2D eigenvalue weighted by Crippen LogP contribution is -2.33. The maximum Gasteiger partial charge on any atom is 0.231 e. The minimum Gasteiger partial charge on any atom is -0.355 e. The second kappa shape index (κ2) is 12.0. The van der Waals surface area contributed by atoms with Crippen LogP contribution < -0.4 is 10.2 Å². The summed E-state index contributed by atoms with van der Waals surface area (Å²) in [6, 6.07) is 15.1. The van der Waals surface area contributed by atoms with E-state index in [9.17, 15) is 14.0 Å². The zero-order valence-electron chi connectivity index (χ0n) is 20.6. The van der Waals surface area contributed by atoms with Gasteiger partial charge in [-0.25, -0.2) is 4.39 Å². The van der Waals surface area contributed by atoms with Crippen LogP contribution in [0.5, 0.6) is 0 Å². The van der Waals surface area contributed by atoms with Crippen LogP contribution >= 0.6 is 11.3 Å². The molecule has 1 fully saturated rings. The molecule has 0 unspecified atom stereocenters. The Balaban J connectivity index is 1.09. The molecule has 1 amide bonds. The highest BCUT2D eigenvalue weighted by Gasteiger charge is 2.25. The van der Waals surface area contributed by atoms with E-state index >= 15 is 0 Å². The summed E-state index contributed by atoms with van der Waals surface area (Å²) in [5, 5.41) is 21.5. The molecule has 9 nitrogen and oxygen atoms in total. The van der Waals surface area contributed by atoms with Crippen molar-refractivity contribution in [3.05, 3.63) is 87.9 Å². The monoisotopic (exact) mass is 531 g/mol. The maximum absolute atomic E-state index is 13.1. The number of piperidine rings is 1. The molecule has 0 aliphatic carbocycles. The Kier molecular flexibility index (Phi) is 8.03. The molecular formula is C27H26FN7O2S. The second-order valence-corrected chi connectivity index (χ2v) is 10.2. The summed E-state index contributed by atoms with van der Waals surface area (Å²) < 4.78 is 13.1. The molecule has 0 atom stereocenters. The number of halogens is 1. The van der Waals surface area contributed by atoms with E-state index in [1.165, 1.54) is 23.5 Å². The number of carbonyl (C=O) groups excluding carboxylic acids is 2. The van der Waals surface area contributed by atoms with Crippen LogP contribution in [0.15, 0.2) is 60.8 Å². The van der Waals surface area contributed by atoms with Gasteiger partial charge in [0.25, 0.3) is 0 Å². The molecule has 1 aromatic carbocycles. The van der Waals surface area contributed by atoms with E-state index in [0.717, 1.165) is 42.3 Å². The summed E-state index contributed by atoms with van der Waals surface area (Å²) in [7, 11) is 0. The average Bonchev–Trinajstić information content (AvgIpc) is 3.39. The van der Waals surface area contributed by atoms with E-state index < -0.39 is 0 Å². The normalized spacial score (nSPS) is 13.9. The standard InChI is InChI=1S/C27H26FN7O2S/c28-20-6-4-18(5-7-20)15-22(36)17-26-33-34-27(38-26)19-10-13-35(14-11-19)24-9-8-23(31-32-24)30-25(37)16-21-3-1-2-12-29-21/h1-9,12,19H,10-11,13-17H2,(H,30,31,37). The van der Waals surface area contributed by atoms with Gasteiger partial charge in [-0.2, -0.15) is 0 Å². The van der Waals surface area contributed by atoms with E-state index in [-0.39, 0.29) is 42.7 Å². The van der Waals surface area contributed by atoms with Gasteiger partial charge in [0, 0.05) is 37.3 Å². The van der Waals surface area contributed by atoms with E-state index in [2.05, 4.69) is 35.6 Å². The first-order chi connectivity index (χ1) is 18.5. The molecule has 3 aromatic heterocycles. The molecule has 11 heteroatoms. The highest BCUT2D eigenvalue weighted by molar-refractivity contribution is 7.11. The number of Topliss-reactive ketones (excluding diaryl/α,β-unsaturated/α-hetero) is 1. The SMILES string of the molecule is O=C(Cc1ccc(F)cc1)Cc1nnc(C2CCN(c3ccc(NC(=O)Cc4ccccn4)nn3)CC2)s1.